The van der Waals surface area contributed by atoms with Gasteiger partial charge in [0, 0.05) is 18.5 Å². The number of carbonyl (C=O) groups is 2. The third kappa shape index (κ3) is 5.19. The quantitative estimate of drug-likeness (QED) is 0.595. The molecule has 9 heteroatoms. The van der Waals surface area contributed by atoms with Crippen molar-refractivity contribution < 1.29 is 19.4 Å². The SMILES string of the molecule is CCC1=NC2C(C(=O)N1Cc1cccc(Cl)c1)C(OC(C)C)=C(C(=O)N[C@H]1CCCC[C@@H]1O)N2C. The molecule has 0 aromatic heterocycles. The van der Waals surface area contributed by atoms with Crippen molar-refractivity contribution >= 4 is 29.3 Å². The lowest BCUT2D eigenvalue weighted by Gasteiger charge is -2.36. The topological polar surface area (TPSA) is 94.5 Å². The molecular weight excluding hydrogens is 468 g/mol. The fraction of sp³-hybridized carbons (Fsp3) is 0.577. The number of benzene rings is 1. The Morgan fingerprint density at radius 1 is 1.31 bits per heavy atom. The van der Waals surface area contributed by atoms with E-state index in [-0.39, 0.29) is 24.0 Å². The van der Waals surface area contributed by atoms with Crippen LogP contribution in [0.4, 0.5) is 0 Å². The number of rotatable bonds is 7. The fourth-order valence-electron chi connectivity index (χ4n) is 5.17. The summed E-state index contributed by atoms with van der Waals surface area (Å²) in [6.07, 6.45) is 2.51. The average Bonchev–Trinajstić information content (AvgIpc) is 3.07. The number of nitrogens with zero attached hydrogens (tertiary/aromatic N) is 3. The minimum atomic E-state index is -0.728. The largest absolute Gasteiger partial charge is 0.492 e. The molecule has 2 aliphatic heterocycles. The molecule has 35 heavy (non-hydrogen) atoms. The summed E-state index contributed by atoms with van der Waals surface area (Å²) in [5.41, 5.74) is 1.21. The van der Waals surface area contributed by atoms with Crippen LogP contribution in [0.1, 0.15) is 58.4 Å². The third-order valence-electron chi connectivity index (χ3n) is 6.86. The van der Waals surface area contributed by atoms with Gasteiger partial charge in [-0.05, 0) is 44.4 Å². The molecular formula is C26H35ClN4O4. The summed E-state index contributed by atoms with van der Waals surface area (Å²) < 4.78 is 6.13. The van der Waals surface area contributed by atoms with Crippen molar-refractivity contribution in [1.82, 2.24) is 15.1 Å². The van der Waals surface area contributed by atoms with E-state index in [0.29, 0.717) is 41.7 Å². The lowest BCUT2D eigenvalue weighted by molar-refractivity contribution is -0.134. The van der Waals surface area contributed by atoms with Crippen LogP contribution in [0.2, 0.25) is 5.02 Å². The first kappa shape index (κ1) is 25.5. The van der Waals surface area contributed by atoms with E-state index in [1.165, 1.54) is 0 Å². The molecule has 3 aliphatic rings. The second-order valence-corrected chi connectivity index (χ2v) is 10.2. The van der Waals surface area contributed by atoms with Crippen molar-refractivity contribution in [1.29, 1.82) is 0 Å². The lowest BCUT2D eigenvalue weighted by Crippen LogP contribution is -2.51. The maximum absolute atomic E-state index is 13.9. The van der Waals surface area contributed by atoms with Crippen LogP contribution in [0.3, 0.4) is 0 Å². The van der Waals surface area contributed by atoms with Gasteiger partial charge in [0.1, 0.15) is 29.4 Å². The standard InChI is InChI=1S/C26H35ClN4O4/c1-5-20-29-24-21(26(34)31(20)14-16-9-8-10-17(27)13-16)23(35-15(2)3)22(30(24)4)25(33)28-18-11-6-7-12-19(18)32/h8-10,13,15,18-19,21,24,32H,5-7,11-12,14H2,1-4H3,(H,28,33)/t18-,19-,21?,24?/m0/s1. The van der Waals surface area contributed by atoms with E-state index in [2.05, 4.69) is 5.32 Å². The molecule has 8 nitrogen and oxygen atoms in total. The van der Waals surface area contributed by atoms with Gasteiger partial charge in [-0.2, -0.15) is 0 Å². The summed E-state index contributed by atoms with van der Waals surface area (Å²) in [6, 6.07) is 7.10. The van der Waals surface area contributed by atoms with Crippen molar-refractivity contribution in [3.8, 4) is 0 Å². The molecule has 4 rings (SSSR count). The minimum absolute atomic E-state index is 0.148. The van der Waals surface area contributed by atoms with Gasteiger partial charge in [-0.1, -0.05) is 43.5 Å². The number of fused-ring (bicyclic) bond motifs is 1. The highest BCUT2D eigenvalue weighted by Crippen LogP contribution is 2.40. The number of aliphatic imine (C=N–C) groups is 1. The molecule has 0 radical (unpaired) electrons. The highest BCUT2D eigenvalue weighted by molar-refractivity contribution is 6.30. The number of likely N-dealkylation sites (N-methyl/N-ethyl adjacent to an activating group) is 1. The van der Waals surface area contributed by atoms with Crippen LogP contribution in [0.25, 0.3) is 0 Å². The first-order valence-electron chi connectivity index (χ1n) is 12.5. The number of aliphatic hydroxyl groups is 1. The summed E-state index contributed by atoms with van der Waals surface area (Å²) >= 11 is 6.17. The molecule has 1 aromatic carbocycles. The van der Waals surface area contributed by atoms with Crippen LogP contribution in [0.5, 0.6) is 0 Å². The van der Waals surface area contributed by atoms with Crippen LogP contribution in [0, 0.1) is 5.92 Å². The molecule has 2 N–H and O–H groups in total. The Hall–Kier alpha value is -2.58. The van der Waals surface area contributed by atoms with Gasteiger partial charge in [0.15, 0.2) is 0 Å². The number of nitrogens with one attached hydrogen (secondary N) is 1. The van der Waals surface area contributed by atoms with Crippen LogP contribution in [-0.4, -0.2) is 64.0 Å². The monoisotopic (exact) mass is 502 g/mol. The van der Waals surface area contributed by atoms with Gasteiger partial charge in [0.05, 0.1) is 24.8 Å². The molecule has 2 unspecified atom stereocenters. The second kappa shape index (κ2) is 10.6. The van der Waals surface area contributed by atoms with Crippen LogP contribution in [-0.2, 0) is 20.9 Å². The van der Waals surface area contributed by atoms with Gasteiger partial charge in [-0.3, -0.25) is 14.5 Å². The molecule has 0 saturated heterocycles. The molecule has 1 fully saturated rings. The zero-order chi connectivity index (χ0) is 25.3. The third-order valence-corrected chi connectivity index (χ3v) is 7.09. The Morgan fingerprint density at radius 3 is 2.71 bits per heavy atom. The van der Waals surface area contributed by atoms with Crippen molar-refractivity contribution in [2.45, 2.75) is 83.8 Å². The second-order valence-electron chi connectivity index (χ2n) is 9.77. The number of amidine groups is 1. The smallest absolute Gasteiger partial charge is 0.271 e. The number of amides is 2. The van der Waals surface area contributed by atoms with Crippen LogP contribution in [0.15, 0.2) is 40.7 Å². The van der Waals surface area contributed by atoms with Gasteiger partial charge < -0.3 is 20.1 Å². The predicted molar refractivity (Wildman–Crippen MR) is 134 cm³/mol. The Morgan fingerprint density at radius 2 is 2.06 bits per heavy atom. The maximum Gasteiger partial charge on any atom is 0.271 e. The molecule has 2 amide bonds. The zero-order valence-corrected chi connectivity index (χ0v) is 21.6. The van der Waals surface area contributed by atoms with E-state index < -0.39 is 18.2 Å². The van der Waals surface area contributed by atoms with E-state index in [4.69, 9.17) is 21.3 Å². The van der Waals surface area contributed by atoms with Gasteiger partial charge in [-0.25, -0.2) is 4.99 Å². The summed E-state index contributed by atoms with van der Waals surface area (Å²) in [6.45, 7) is 6.05. The molecule has 4 atom stereocenters. The zero-order valence-electron chi connectivity index (χ0n) is 20.8. The number of ether oxygens (including phenoxy) is 1. The van der Waals surface area contributed by atoms with Gasteiger partial charge >= 0.3 is 0 Å². The van der Waals surface area contributed by atoms with Gasteiger partial charge in [0.2, 0.25) is 5.91 Å². The molecule has 0 bridgehead atoms. The Labute approximate surface area is 212 Å². The first-order chi connectivity index (χ1) is 16.7. The first-order valence-corrected chi connectivity index (χ1v) is 12.8. The number of halogens is 1. The van der Waals surface area contributed by atoms with E-state index in [1.807, 2.05) is 39.0 Å². The highest BCUT2D eigenvalue weighted by atomic mass is 35.5. The summed E-state index contributed by atoms with van der Waals surface area (Å²) in [4.78, 5) is 35.7. The Kier molecular flexibility index (Phi) is 7.71. The van der Waals surface area contributed by atoms with Crippen LogP contribution >= 0.6 is 11.6 Å². The average molecular weight is 503 g/mol. The van der Waals surface area contributed by atoms with E-state index in [9.17, 15) is 14.7 Å². The summed E-state index contributed by atoms with van der Waals surface area (Å²) in [7, 11) is 1.78. The van der Waals surface area contributed by atoms with Crippen LogP contribution < -0.4 is 5.32 Å². The fourth-order valence-corrected chi connectivity index (χ4v) is 5.38. The molecule has 1 aliphatic carbocycles. The number of aliphatic hydroxyl groups excluding tert-OH is 1. The van der Waals surface area contributed by atoms with E-state index in [1.54, 1.807) is 22.9 Å². The molecule has 1 aromatic rings. The predicted octanol–water partition coefficient (Wildman–Crippen LogP) is 3.43. The van der Waals surface area contributed by atoms with E-state index >= 15 is 0 Å². The Balaban J connectivity index is 1.68. The Bertz CT molecular complexity index is 1040. The van der Waals surface area contributed by atoms with Gasteiger partial charge in [-0.15, -0.1) is 0 Å². The number of hydrogen-bond acceptors (Lipinski definition) is 6. The van der Waals surface area contributed by atoms with Crippen molar-refractivity contribution in [2.24, 2.45) is 10.9 Å². The van der Waals surface area contributed by atoms with Crippen molar-refractivity contribution in [3.63, 3.8) is 0 Å². The van der Waals surface area contributed by atoms with Crippen molar-refractivity contribution in [2.75, 3.05) is 7.05 Å². The number of carbonyl (C=O) groups excluding carboxylic acids is 2. The highest BCUT2D eigenvalue weighted by Gasteiger charge is 2.52. The number of hydrogen-bond donors (Lipinski definition) is 2. The molecule has 190 valence electrons. The maximum atomic E-state index is 13.9. The normalized spacial score (nSPS) is 26.7. The molecule has 0 spiro atoms. The lowest BCUT2D eigenvalue weighted by atomic mass is 9.92. The summed E-state index contributed by atoms with van der Waals surface area (Å²) in [5, 5.41) is 14.0. The molecule has 2 heterocycles. The molecule has 1 saturated carbocycles. The minimum Gasteiger partial charge on any atom is -0.492 e. The van der Waals surface area contributed by atoms with E-state index in [0.717, 1.165) is 24.8 Å². The summed E-state index contributed by atoms with van der Waals surface area (Å²) in [5.74, 6) is -0.212. The van der Waals surface area contributed by atoms with Gasteiger partial charge in [0.25, 0.3) is 5.91 Å². The van der Waals surface area contributed by atoms with Crippen molar-refractivity contribution in [3.05, 3.63) is 46.3 Å².